The van der Waals surface area contributed by atoms with E-state index in [1.165, 1.54) is 22.3 Å². The highest BCUT2D eigenvalue weighted by Gasteiger charge is 2.23. The van der Waals surface area contributed by atoms with Gasteiger partial charge in [0.15, 0.2) is 0 Å². The van der Waals surface area contributed by atoms with Gasteiger partial charge in [-0.25, -0.2) is 0 Å². The molecule has 0 bridgehead atoms. The molecule has 0 aromatic heterocycles. The smallest absolute Gasteiger partial charge is 0.0876 e. The Kier molecular flexibility index (Phi) is 3.01. The highest BCUT2D eigenvalue weighted by molar-refractivity contribution is 5.40. The molecule has 0 heterocycles. The molecule has 0 N–H and O–H groups in total. The normalized spacial score (nSPS) is 11.9. The van der Waals surface area contributed by atoms with Crippen molar-refractivity contribution < 1.29 is 4.74 Å². The van der Waals surface area contributed by atoms with Gasteiger partial charge in [0, 0.05) is 7.11 Å². The Balaban J connectivity index is 3.35. The summed E-state index contributed by atoms with van der Waals surface area (Å²) < 4.78 is 5.53. The maximum Gasteiger partial charge on any atom is 0.0876 e. The summed E-state index contributed by atoms with van der Waals surface area (Å²) in [4.78, 5) is 0. The van der Waals surface area contributed by atoms with Crippen molar-refractivity contribution in [2.45, 2.75) is 40.2 Å². The number of hydrogen-bond acceptors (Lipinski definition) is 1. The number of rotatable bonds is 2. The molecule has 14 heavy (non-hydrogen) atoms. The molecule has 1 rings (SSSR count). The van der Waals surface area contributed by atoms with Gasteiger partial charge in [-0.15, -0.1) is 0 Å². The van der Waals surface area contributed by atoms with Crippen LogP contribution in [0.2, 0.25) is 0 Å². The standard InChI is InChI=1S/C13H20O/c1-9-7-10(2)12(11(3)8-9)13(4,5)14-6/h7-8H,1-6H3. The third-order valence-electron chi connectivity index (χ3n) is 2.79. The first-order valence-corrected chi connectivity index (χ1v) is 5.02. The first-order valence-electron chi connectivity index (χ1n) is 5.02. The Bertz CT molecular complexity index is 314. The van der Waals surface area contributed by atoms with Crippen molar-refractivity contribution in [2.24, 2.45) is 0 Å². The topological polar surface area (TPSA) is 9.23 Å². The van der Waals surface area contributed by atoms with Crippen LogP contribution in [0.1, 0.15) is 36.1 Å². The van der Waals surface area contributed by atoms with Crippen molar-refractivity contribution in [1.29, 1.82) is 0 Å². The fourth-order valence-corrected chi connectivity index (χ4v) is 2.23. The third kappa shape index (κ3) is 1.98. The lowest BCUT2D eigenvalue weighted by Crippen LogP contribution is -2.22. The Hall–Kier alpha value is -0.820. The minimum Gasteiger partial charge on any atom is -0.374 e. The minimum absolute atomic E-state index is 0.193. The SMILES string of the molecule is COC(C)(C)c1c(C)cc(C)cc1C. The molecule has 1 aromatic rings. The second-order valence-corrected chi connectivity index (χ2v) is 4.49. The van der Waals surface area contributed by atoms with Crippen LogP contribution in [0, 0.1) is 20.8 Å². The Morgan fingerprint density at radius 3 is 1.79 bits per heavy atom. The van der Waals surface area contributed by atoms with Gasteiger partial charge in [-0.05, 0) is 51.3 Å². The Morgan fingerprint density at radius 1 is 1.00 bits per heavy atom. The lowest BCUT2D eigenvalue weighted by atomic mass is 9.88. The van der Waals surface area contributed by atoms with Gasteiger partial charge in [-0.2, -0.15) is 0 Å². The van der Waals surface area contributed by atoms with Crippen LogP contribution in [-0.4, -0.2) is 7.11 Å². The average molecular weight is 192 g/mol. The molecule has 0 atom stereocenters. The summed E-state index contributed by atoms with van der Waals surface area (Å²) in [7, 11) is 1.76. The molecule has 1 heteroatoms. The number of ether oxygens (including phenoxy) is 1. The third-order valence-corrected chi connectivity index (χ3v) is 2.79. The van der Waals surface area contributed by atoms with Crippen LogP contribution in [0.15, 0.2) is 12.1 Å². The summed E-state index contributed by atoms with van der Waals surface area (Å²) in [6.07, 6.45) is 0. The number of hydrogen-bond donors (Lipinski definition) is 0. The molecule has 0 radical (unpaired) electrons. The van der Waals surface area contributed by atoms with E-state index >= 15 is 0 Å². The van der Waals surface area contributed by atoms with E-state index in [-0.39, 0.29) is 5.60 Å². The van der Waals surface area contributed by atoms with Crippen LogP contribution in [0.5, 0.6) is 0 Å². The van der Waals surface area contributed by atoms with Crippen molar-refractivity contribution >= 4 is 0 Å². The number of benzene rings is 1. The van der Waals surface area contributed by atoms with E-state index in [2.05, 4.69) is 46.8 Å². The summed E-state index contributed by atoms with van der Waals surface area (Å²) in [5.74, 6) is 0. The highest BCUT2D eigenvalue weighted by Crippen LogP contribution is 2.30. The summed E-state index contributed by atoms with van der Waals surface area (Å²) in [6.45, 7) is 10.6. The van der Waals surface area contributed by atoms with Gasteiger partial charge in [-0.1, -0.05) is 17.7 Å². The van der Waals surface area contributed by atoms with E-state index in [1.807, 2.05) is 0 Å². The molecule has 0 fully saturated rings. The van der Waals surface area contributed by atoms with Gasteiger partial charge in [0.1, 0.15) is 0 Å². The van der Waals surface area contributed by atoms with E-state index in [4.69, 9.17) is 4.74 Å². The van der Waals surface area contributed by atoms with E-state index in [0.717, 1.165) is 0 Å². The largest absolute Gasteiger partial charge is 0.374 e. The summed E-state index contributed by atoms with van der Waals surface area (Å²) >= 11 is 0. The second-order valence-electron chi connectivity index (χ2n) is 4.49. The predicted molar refractivity (Wildman–Crippen MR) is 60.7 cm³/mol. The van der Waals surface area contributed by atoms with Crippen molar-refractivity contribution in [3.05, 3.63) is 34.4 Å². The van der Waals surface area contributed by atoms with Crippen molar-refractivity contribution in [1.82, 2.24) is 0 Å². The average Bonchev–Trinajstić information content (AvgIpc) is 2.01. The summed E-state index contributed by atoms with van der Waals surface area (Å²) in [6, 6.07) is 4.42. The predicted octanol–water partition coefficient (Wildman–Crippen LogP) is 3.49. The van der Waals surface area contributed by atoms with Gasteiger partial charge in [0.2, 0.25) is 0 Å². The zero-order chi connectivity index (χ0) is 10.9. The van der Waals surface area contributed by atoms with E-state index in [9.17, 15) is 0 Å². The lowest BCUT2D eigenvalue weighted by molar-refractivity contribution is 0.0182. The van der Waals surface area contributed by atoms with Crippen molar-refractivity contribution in [2.75, 3.05) is 7.11 Å². The van der Waals surface area contributed by atoms with E-state index in [0.29, 0.717) is 0 Å². The molecule has 0 saturated heterocycles. The van der Waals surface area contributed by atoms with Crippen molar-refractivity contribution in [3.8, 4) is 0 Å². The zero-order valence-corrected chi connectivity index (χ0v) is 10.1. The van der Waals surface area contributed by atoms with Gasteiger partial charge in [0.05, 0.1) is 5.60 Å². The Morgan fingerprint density at radius 2 is 1.43 bits per heavy atom. The maximum atomic E-state index is 5.53. The molecular formula is C13H20O. The van der Waals surface area contributed by atoms with Crippen LogP contribution in [0.3, 0.4) is 0 Å². The molecule has 1 aromatic carbocycles. The van der Waals surface area contributed by atoms with Crippen LogP contribution in [0.25, 0.3) is 0 Å². The van der Waals surface area contributed by atoms with Gasteiger partial charge < -0.3 is 4.74 Å². The molecule has 0 saturated carbocycles. The van der Waals surface area contributed by atoms with E-state index in [1.54, 1.807) is 7.11 Å². The molecule has 0 aliphatic rings. The second kappa shape index (κ2) is 3.74. The van der Waals surface area contributed by atoms with Crippen LogP contribution < -0.4 is 0 Å². The van der Waals surface area contributed by atoms with Gasteiger partial charge in [-0.3, -0.25) is 0 Å². The van der Waals surface area contributed by atoms with Crippen LogP contribution >= 0.6 is 0 Å². The number of methoxy groups -OCH3 is 1. The zero-order valence-electron chi connectivity index (χ0n) is 10.1. The summed E-state index contributed by atoms with van der Waals surface area (Å²) in [5, 5.41) is 0. The molecule has 0 unspecified atom stereocenters. The quantitative estimate of drug-likeness (QED) is 0.697. The van der Waals surface area contributed by atoms with Crippen LogP contribution in [-0.2, 0) is 10.3 Å². The maximum absolute atomic E-state index is 5.53. The molecule has 78 valence electrons. The van der Waals surface area contributed by atoms with Crippen LogP contribution in [0.4, 0.5) is 0 Å². The van der Waals surface area contributed by atoms with E-state index < -0.39 is 0 Å². The fourth-order valence-electron chi connectivity index (χ4n) is 2.23. The summed E-state index contributed by atoms with van der Waals surface area (Å²) in [5.41, 5.74) is 5.06. The first-order chi connectivity index (χ1) is 6.38. The Labute approximate surface area is 87.1 Å². The lowest BCUT2D eigenvalue weighted by Gasteiger charge is -2.27. The molecule has 0 amide bonds. The minimum atomic E-state index is -0.193. The van der Waals surface area contributed by atoms with Gasteiger partial charge in [0.25, 0.3) is 0 Å². The number of aryl methyl sites for hydroxylation is 3. The van der Waals surface area contributed by atoms with Gasteiger partial charge >= 0.3 is 0 Å². The molecule has 0 spiro atoms. The molecular weight excluding hydrogens is 172 g/mol. The monoisotopic (exact) mass is 192 g/mol. The fraction of sp³-hybridized carbons (Fsp3) is 0.538. The van der Waals surface area contributed by atoms with Crippen molar-refractivity contribution in [3.63, 3.8) is 0 Å². The molecule has 0 aliphatic heterocycles. The molecule has 0 aliphatic carbocycles. The first kappa shape index (κ1) is 11.3. The molecule has 1 nitrogen and oxygen atoms in total. The highest BCUT2D eigenvalue weighted by atomic mass is 16.5.